The van der Waals surface area contributed by atoms with E-state index in [1.807, 2.05) is 11.8 Å². The van der Waals surface area contributed by atoms with E-state index in [2.05, 4.69) is 13.8 Å². The molecular formula is C10H17NO2. The average Bonchev–Trinajstić information content (AvgIpc) is 2.37. The Balaban J connectivity index is 2.06. The van der Waals surface area contributed by atoms with E-state index in [1.54, 1.807) is 0 Å². The topological polar surface area (TPSA) is 29.5 Å². The van der Waals surface area contributed by atoms with Gasteiger partial charge in [0.25, 0.3) is 0 Å². The van der Waals surface area contributed by atoms with E-state index in [4.69, 9.17) is 4.74 Å². The lowest BCUT2D eigenvalue weighted by Gasteiger charge is -2.33. The summed E-state index contributed by atoms with van der Waals surface area (Å²) in [5.74, 6) is 0. The van der Waals surface area contributed by atoms with Crippen LogP contribution in [0.4, 0.5) is 4.79 Å². The van der Waals surface area contributed by atoms with Gasteiger partial charge in [-0.3, -0.25) is 0 Å². The summed E-state index contributed by atoms with van der Waals surface area (Å²) in [7, 11) is 0. The number of fused-ring (bicyclic) bond motifs is 1. The van der Waals surface area contributed by atoms with Crippen molar-refractivity contribution in [1.82, 2.24) is 4.90 Å². The van der Waals surface area contributed by atoms with E-state index in [0.29, 0.717) is 24.1 Å². The van der Waals surface area contributed by atoms with Crippen LogP contribution in [0.25, 0.3) is 0 Å². The average molecular weight is 183 g/mol. The van der Waals surface area contributed by atoms with Crippen LogP contribution in [0.5, 0.6) is 0 Å². The minimum atomic E-state index is -0.124. The Morgan fingerprint density at radius 1 is 1.62 bits per heavy atom. The molecule has 1 saturated carbocycles. The Kier molecular flexibility index (Phi) is 1.79. The van der Waals surface area contributed by atoms with Crippen LogP contribution in [0.2, 0.25) is 0 Å². The van der Waals surface area contributed by atoms with Crippen molar-refractivity contribution in [2.45, 2.75) is 45.7 Å². The molecule has 0 N–H and O–H groups in total. The van der Waals surface area contributed by atoms with Crippen molar-refractivity contribution < 1.29 is 9.53 Å². The molecule has 2 bridgehead atoms. The lowest BCUT2D eigenvalue weighted by molar-refractivity contribution is 0.0979. The summed E-state index contributed by atoms with van der Waals surface area (Å²) in [6.07, 6.45) is 2.20. The first-order valence-corrected chi connectivity index (χ1v) is 5.03. The third-order valence-corrected chi connectivity index (χ3v) is 3.70. The fraction of sp³-hybridized carbons (Fsp3) is 0.900. The van der Waals surface area contributed by atoms with E-state index in [-0.39, 0.29) is 6.09 Å². The van der Waals surface area contributed by atoms with Gasteiger partial charge in [0.2, 0.25) is 0 Å². The standard InChI is InChI=1S/C10H17NO2/c1-4-13-9(12)11-7(2)10(3)5-8(11)6-10/h7-8H,4-6H2,1-3H3/t7-,8?,10?/m1/s1. The van der Waals surface area contributed by atoms with E-state index >= 15 is 0 Å². The van der Waals surface area contributed by atoms with Crippen molar-refractivity contribution in [2.75, 3.05) is 6.61 Å². The van der Waals surface area contributed by atoms with Crippen molar-refractivity contribution in [3.63, 3.8) is 0 Å². The Labute approximate surface area is 79.0 Å². The van der Waals surface area contributed by atoms with Crippen molar-refractivity contribution in [3.8, 4) is 0 Å². The van der Waals surface area contributed by atoms with Gasteiger partial charge in [-0.15, -0.1) is 0 Å². The normalized spacial score (nSPS) is 41.6. The molecule has 0 aromatic rings. The summed E-state index contributed by atoms with van der Waals surface area (Å²) < 4.78 is 5.03. The number of amides is 1. The molecule has 3 aliphatic rings. The molecule has 1 atom stereocenters. The highest BCUT2D eigenvalue weighted by Gasteiger charge is 2.59. The highest BCUT2D eigenvalue weighted by molar-refractivity contribution is 5.70. The van der Waals surface area contributed by atoms with Gasteiger partial charge >= 0.3 is 6.09 Å². The second-order valence-electron chi connectivity index (χ2n) is 4.50. The molecule has 0 aromatic heterocycles. The SMILES string of the molecule is CCOC(=O)N1C2CC(C)(C2)[C@H]1C. The molecule has 2 aliphatic heterocycles. The largest absolute Gasteiger partial charge is 0.450 e. The maximum Gasteiger partial charge on any atom is 0.410 e. The number of carbonyl (C=O) groups is 1. The second-order valence-corrected chi connectivity index (χ2v) is 4.50. The summed E-state index contributed by atoms with van der Waals surface area (Å²) in [4.78, 5) is 13.5. The fourth-order valence-electron chi connectivity index (χ4n) is 2.71. The molecule has 3 rings (SSSR count). The van der Waals surface area contributed by atoms with Gasteiger partial charge in [-0.2, -0.15) is 0 Å². The van der Waals surface area contributed by atoms with E-state index in [0.717, 1.165) is 12.8 Å². The monoisotopic (exact) mass is 183 g/mol. The molecule has 0 radical (unpaired) electrons. The molecule has 0 aromatic carbocycles. The summed E-state index contributed by atoms with van der Waals surface area (Å²) in [6.45, 7) is 6.72. The fourth-order valence-corrected chi connectivity index (χ4v) is 2.71. The highest BCUT2D eigenvalue weighted by Crippen LogP contribution is 2.55. The number of nitrogens with zero attached hydrogens (tertiary/aromatic N) is 1. The maximum absolute atomic E-state index is 11.5. The smallest absolute Gasteiger partial charge is 0.410 e. The lowest BCUT2D eigenvalue weighted by atomic mass is 9.69. The molecular weight excluding hydrogens is 166 g/mol. The van der Waals surface area contributed by atoms with Crippen LogP contribution in [0.1, 0.15) is 33.6 Å². The van der Waals surface area contributed by atoms with E-state index in [1.165, 1.54) is 0 Å². The minimum Gasteiger partial charge on any atom is -0.450 e. The number of carbonyl (C=O) groups excluding carboxylic acids is 1. The van der Waals surface area contributed by atoms with Gasteiger partial charge in [-0.25, -0.2) is 4.79 Å². The molecule has 2 saturated heterocycles. The molecule has 0 unspecified atom stereocenters. The first-order chi connectivity index (χ1) is 6.08. The summed E-state index contributed by atoms with van der Waals surface area (Å²) in [5, 5.41) is 0. The van der Waals surface area contributed by atoms with Crippen LogP contribution >= 0.6 is 0 Å². The van der Waals surface area contributed by atoms with Gasteiger partial charge in [-0.1, -0.05) is 6.92 Å². The molecule has 3 heteroatoms. The Morgan fingerprint density at radius 3 is 2.62 bits per heavy atom. The van der Waals surface area contributed by atoms with Gasteiger partial charge in [0.1, 0.15) is 0 Å². The minimum absolute atomic E-state index is 0.124. The Hall–Kier alpha value is -0.730. The van der Waals surface area contributed by atoms with Crippen molar-refractivity contribution in [2.24, 2.45) is 5.41 Å². The first kappa shape index (κ1) is 8.85. The zero-order chi connectivity index (χ0) is 9.64. The van der Waals surface area contributed by atoms with Crippen molar-refractivity contribution in [1.29, 1.82) is 0 Å². The zero-order valence-corrected chi connectivity index (χ0v) is 8.54. The molecule has 2 heterocycles. The number of ether oxygens (including phenoxy) is 1. The van der Waals surface area contributed by atoms with Crippen LogP contribution in [0, 0.1) is 5.41 Å². The van der Waals surface area contributed by atoms with Gasteiger partial charge in [0.05, 0.1) is 6.61 Å². The van der Waals surface area contributed by atoms with Crippen LogP contribution < -0.4 is 0 Å². The summed E-state index contributed by atoms with van der Waals surface area (Å²) in [5.41, 5.74) is 0.372. The number of hydrogen-bond donors (Lipinski definition) is 0. The zero-order valence-electron chi connectivity index (χ0n) is 8.54. The molecule has 3 fully saturated rings. The van der Waals surface area contributed by atoms with Crippen LogP contribution in [-0.2, 0) is 4.74 Å². The molecule has 0 spiro atoms. The van der Waals surface area contributed by atoms with Gasteiger partial charge in [0, 0.05) is 12.1 Å². The van der Waals surface area contributed by atoms with Gasteiger partial charge in [0.15, 0.2) is 0 Å². The quantitative estimate of drug-likeness (QED) is 0.622. The van der Waals surface area contributed by atoms with E-state index in [9.17, 15) is 4.79 Å². The van der Waals surface area contributed by atoms with Gasteiger partial charge in [-0.05, 0) is 32.1 Å². The predicted molar refractivity (Wildman–Crippen MR) is 49.5 cm³/mol. The van der Waals surface area contributed by atoms with Crippen LogP contribution in [-0.4, -0.2) is 29.7 Å². The highest BCUT2D eigenvalue weighted by atomic mass is 16.6. The molecule has 1 amide bonds. The first-order valence-electron chi connectivity index (χ1n) is 5.03. The van der Waals surface area contributed by atoms with Crippen LogP contribution in [0.15, 0.2) is 0 Å². The third-order valence-electron chi connectivity index (χ3n) is 3.70. The summed E-state index contributed by atoms with van der Waals surface area (Å²) >= 11 is 0. The molecule has 1 aliphatic carbocycles. The summed E-state index contributed by atoms with van der Waals surface area (Å²) in [6, 6.07) is 0.815. The third kappa shape index (κ3) is 1.06. The number of rotatable bonds is 1. The second kappa shape index (κ2) is 2.63. The maximum atomic E-state index is 11.5. The van der Waals surface area contributed by atoms with Gasteiger partial charge < -0.3 is 9.64 Å². The lowest BCUT2D eigenvalue weighted by Crippen LogP contribution is -2.37. The predicted octanol–water partition coefficient (Wildman–Crippen LogP) is 2.02. The van der Waals surface area contributed by atoms with Crippen LogP contribution in [0.3, 0.4) is 0 Å². The Morgan fingerprint density at radius 2 is 2.23 bits per heavy atom. The molecule has 13 heavy (non-hydrogen) atoms. The Bertz CT molecular complexity index is 233. The molecule has 3 nitrogen and oxygen atoms in total. The molecule has 74 valence electrons. The van der Waals surface area contributed by atoms with E-state index < -0.39 is 0 Å². The van der Waals surface area contributed by atoms with Crippen molar-refractivity contribution in [3.05, 3.63) is 0 Å². The van der Waals surface area contributed by atoms with Crippen molar-refractivity contribution >= 4 is 6.09 Å². The number of hydrogen-bond acceptors (Lipinski definition) is 2.